The standard InChI is InChI=1S/C15H25N3O2/c1-5-14(13-6-8-16-9-7-13)17-15(20)18(11(2)3)10-12(4)19/h6-9,11-12,14,19H,5,10H2,1-4H3,(H,17,20). The molecule has 0 fully saturated rings. The fraction of sp³-hybridized carbons (Fsp3) is 0.600. The molecule has 1 aromatic rings. The monoisotopic (exact) mass is 279 g/mol. The molecule has 1 rings (SSSR count). The summed E-state index contributed by atoms with van der Waals surface area (Å²) < 4.78 is 0. The number of hydrogen-bond acceptors (Lipinski definition) is 3. The molecule has 0 saturated heterocycles. The first-order valence-electron chi connectivity index (χ1n) is 7.10. The van der Waals surface area contributed by atoms with E-state index in [-0.39, 0.29) is 18.1 Å². The molecule has 1 heterocycles. The quantitative estimate of drug-likeness (QED) is 0.840. The van der Waals surface area contributed by atoms with E-state index in [4.69, 9.17) is 0 Å². The van der Waals surface area contributed by atoms with Gasteiger partial charge in [0.15, 0.2) is 0 Å². The highest BCUT2D eigenvalue weighted by Crippen LogP contribution is 2.16. The Balaban J connectivity index is 2.75. The lowest BCUT2D eigenvalue weighted by atomic mass is 10.1. The third kappa shape index (κ3) is 4.81. The van der Waals surface area contributed by atoms with Crippen LogP contribution in [0.4, 0.5) is 4.79 Å². The summed E-state index contributed by atoms with van der Waals surface area (Å²) in [7, 11) is 0. The molecule has 5 heteroatoms. The minimum absolute atomic E-state index is 0.0410. The van der Waals surface area contributed by atoms with Gasteiger partial charge >= 0.3 is 6.03 Å². The number of aliphatic hydroxyl groups is 1. The highest BCUT2D eigenvalue weighted by molar-refractivity contribution is 5.75. The van der Waals surface area contributed by atoms with E-state index in [0.717, 1.165) is 12.0 Å². The molecule has 0 aliphatic heterocycles. The molecular weight excluding hydrogens is 254 g/mol. The van der Waals surface area contributed by atoms with Gasteiger partial charge in [-0.25, -0.2) is 4.79 Å². The van der Waals surface area contributed by atoms with E-state index in [2.05, 4.69) is 10.3 Å². The molecule has 1 aromatic heterocycles. The van der Waals surface area contributed by atoms with Crippen molar-refractivity contribution in [2.24, 2.45) is 0 Å². The average molecular weight is 279 g/mol. The maximum absolute atomic E-state index is 12.4. The van der Waals surface area contributed by atoms with Crippen molar-refractivity contribution < 1.29 is 9.90 Å². The topological polar surface area (TPSA) is 65.5 Å². The molecule has 2 atom stereocenters. The normalized spacial score (nSPS) is 13.9. The summed E-state index contributed by atoms with van der Waals surface area (Å²) in [5.41, 5.74) is 1.04. The second-order valence-electron chi connectivity index (χ2n) is 5.29. The van der Waals surface area contributed by atoms with Crippen molar-refractivity contribution in [3.05, 3.63) is 30.1 Å². The molecule has 112 valence electrons. The Kier molecular flexibility index (Phi) is 6.45. The van der Waals surface area contributed by atoms with Gasteiger partial charge in [0, 0.05) is 25.0 Å². The van der Waals surface area contributed by atoms with Crippen LogP contribution in [0.2, 0.25) is 0 Å². The van der Waals surface area contributed by atoms with Gasteiger partial charge in [0.1, 0.15) is 0 Å². The van der Waals surface area contributed by atoms with Gasteiger partial charge in [0.2, 0.25) is 0 Å². The number of nitrogens with one attached hydrogen (secondary N) is 1. The van der Waals surface area contributed by atoms with Gasteiger partial charge < -0.3 is 15.3 Å². The number of pyridine rings is 1. The Morgan fingerprint density at radius 2 is 1.95 bits per heavy atom. The minimum Gasteiger partial charge on any atom is -0.392 e. The van der Waals surface area contributed by atoms with Crippen LogP contribution in [0.3, 0.4) is 0 Å². The van der Waals surface area contributed by atoms with Crippen molar-refractivity contribution in [3.63, 3.8) is 0 Å². The number of aliphatic hydroxyl groups excluding tert-OH is 1. The fourth-order valence-corrected chi connectivity index (χ4v) is 2.06. The van der Waals surface area contributed by atoms with Crippen molar-refractivity contribution >= 4 is 6.03 Å². The molecular formula is C15H25N3O2. The van der Waals surface area contributed by atoms with E-state index in [1.54, 1.807) is 24.2 Å². The number of nitrogens with zero attached hydrogens (tertiary/aromatic N) is 2. The molecule has 0 radical (unpaired) electrons. The Bertz CT molecular complexity index is 407. The Morgan fingerprint density at radius 3 is 2.40 bits per heavy atom. The van der Waals surface area contributed by atoms with E-state index in [1.165, 1.54) is 0 Å². The van der Waals surface area contributed by atoms with Gasteiger partial charge in [0.25, 0.3) is 0 Å². The van der Waals surface area contributed by atoms with Gasteiger partial charge in [-0.2, -0.15) is 0 Å². The molecule has 0 bridgehead atoms. The lowest BCUT2D eigenvalue weighted by Crippen LogP contribution is -2.47. The second-order valence-corrected chi connectivity index (χ2v) is 5.29. The van der Waals surface area contributed by atoms with Crippen LogP contribution >= 0.6 is 0 Å². The Labute approximate surface area is 121 Å². The first-order valence-corrected chi connectivity index (χ1v) is 7.10. The largest absolute Gasteiger partial charge is 0.392 e. The molecule has 2 amide bonds. The molecule has 2 N–H and O–H groups in total. The number of urea groups is 1. The number of hydrogen-bond donors (Lipinski definition) is 2. The van der Waals surface area contributed by atoms with Gasteiger partial charge in [-0.05, 0) is 44.9 Å². The van der Waals surface area contributed by atoms with Crippen molar-refractivity contribution in [1.29, 1.82) is 0 Å². The number of aromatic nitrogens is 1. The van der Waals surface area contributed by atoms with Crippen molar-refractivity contribution in [2.45, 2.75) is 52.3 Å². The van der Waals surface area contributed by atoms with Crippen LogP contribution in [0.5, 0.6) is 0 Å². The van der Waals surface area contributed by atoms with Crippen LogP contribution in [-0.2, 0) is 0 Å². The molecule has 0 aliphatic rings. The second kappa shape index (κ2) is 7.85. The molecule has 2 unspecified atom stereocenters. The molecule has 0 aromatic carbocycles. The maximum Gasteiger partial charge on any atom is 0.318 e. The Hall–Kier alpha value is -1.62. The minimum atomic E-state index is -0.538. The van der Waals surface area contributed by atoms with E-state index in [1.807, 2.05) is 32.9 Å². The van der Waals surface area contributed by atoms with Gasteiger partial charge in [0.05, 0.1) is 12.1 Å². The zero-order valence-corrected chi connectivity index (χ0v) is 12.7. The summed E-state index contributed by atoms with van der Waals surface area (Å²) >= 11 is 0. The first kappa shape index (κ1) is 16.4. The Morgan fingerprint density at radius 1 is 1.35 bits per heavy atom. The third-order valence-electron chi connectivity index (χ3n) is 3.16. The van der Waals surface area contributed by atoms with Crippen LogP contribution in [0, 0.1) is 0 Å². The van der Waals surface area contributed by atoms with Crippen molar-refractivity contribution in [2.75, 3.05) is 6.54 Å². The van der Waals surface area contributed by atoms with E-state index >= 15 is 0 Å². The van der Waals surface area contributed by atoms with Gasteiger partial charge in [-0.3, -0.25) is 4.98 Å². The van der Waals surface area contributed by atoms with Crippen LogP contribution < -0.4 is 5.32 Å². The summed E-state index contributed by atoms with van der Waals surface area (Å²) in [5.74, 6) is 0. The summed E-state index contributed by atoms with van der Waals surface area (Å²) in [6.45, 7) is 7.92. The van der Waals surface area contributed by atoms with E-state index in [9.17, 15) is 9.90 Å². The van der Waals surface area contributed by atoms with Gasteiger partial charge in [-0.15, -0.1) is 0 Å². The van der Waals surface area contributed by atoms with Crippen molar-refractivity contribution in [1.82, 2.24) is 15.2 Å². The smallest absolute Gasteiger partial charge is 0.318 e. The molecule has 20 heavy (non-hydrogen) atoms. The molecule has 5 nitrogen and oxygen atoms in total. The predicted octanol–water partition coefficient (Wildman–Crippen LogP) is 2.33. The van der Waals surface area contributed by atoms with Crippen LogP contribution in [0.1, 0.15) is 45.7 Å². The first-order chi connectivity index (χ1) is 9.45. The van der Waals surface area contributed by atoms with E-state index in [0.29, 0.717) is 6.54 Å². The lowest BCUT2D eigenvalue weighted by Gasteiger charge is -2.30. The highest BCUT2D eigenvalue weighted by Gasteiger charge is 2.21. The summed E-state index contributed by atoms with van der Waals surface area (Å²) in [6.07, 6.45) is 3.71. The SMILES string of the molecule is CCC(NC(=O)N(CC(C)O)C(C)C)c1ccncc1. The predicted molar refractivity (Wildman–Crippen MR) is 79.3 cm³/mol. The van der Waals surface area contributed by atoms with Crippen LogP contribution in [0.25, 0.3) is 0 Å². The molecule has 0 aliphatic carbocycles. The molecule has 0 saturated carbocycles. The van der Waals surface area contributed by atoms with Gasteiger partial charge in [-0.1, -0.05) is 6.92 Å². The number of carbonyl (C=O) groups is 1. The zero-order valence-electron chi connectivity index (χ0n) is 12.7. The fourth-order valence-electron chi connectivity index (χ4n) is 2.06. The highest BCUT2D eigenvalue weighted by atomic mass is 16.3. The lowest BCUT2D eigenvalue weighted by molar-refractivity contribution is 0.117. The summed E-state index contributed by atoms with van der Waals surface area (Å²) in [4.78, 5) is 18.0. The number of amides is 2. The third-order valence-corrected chi connectivity index (χ3v) is 3.16. The molecule has 0 spiro atoms. The van der Waals surface area contributed by atoms with Crippen LogP contribution in [0.15, 0.2) is 24.5 Å². The van der Waals surface area contributed by atoms with Crippen LogP contribution in [-0.4, -0.2) is 39.7 Å². The van der Waals surface area contributed by atoms with E-state index < -0.39 is 6.10 Å². The van der Waals surface area contributed by atoms with Crippen molar-refractivity contribution in [3.8, 4) is 0 Å². The summed E-state index contributed by atoms with van der Waals surface area (Å²) in [6, 6.07) is 3.66. The number of carbonyl (C=O) groups excluding carboxylic acids is 1. The maximum atomic E-state index is 12.4. The summed E-state index contributed by atoms with van der Waals surface area (Å²) in [5, 5.41) is 12.5. The average Bonchev–Trinajstić information content (AvgIpc) is 2.42. The zero-order chi connectivity index (χ0) is 15.1. The number of rotatable bonds is 6.